The molecule has 0 spiro atoms. The minimum Gasteiger partial charge on any atom is -0.490 e. The number of aromatic nitrogens is 2. The number of rotatable bonds is 11. The molecule has 0 unspecified atom stereocenters. The molecule has 0 aliphatic carbocycles. The van der Waals surface area contributed by atoms with Crippen LogP contribution in [0.5, 0.6) is 5.75 Å². The molecule has 0 radical (unpaired) electrons. The lowest BCUT2D eigenvalue weighted by molar-refractivity contribution is -0.128. The maximum atomic E-state index is 14.2. The Kier molecular flexibility index (Phi) is 11.5. The van der Waals surface area contributed by atoms with Gasteiger partial charge in [0.15, 0.2) is 0 Å². The van der Waals surface area contributed by atoms with Crippen LogP contribution < -0.4 is 10.1 Å². The van der Waals surface area contributed by atoms with Crippen LogP contribution in [0.2, 0.25) is 0 Å². The van der Waals surface area contributed by atoms with Crippen LogP contribution in [-0.4, -0.2) is 73.2 Å². The van der Waals surface area contributed by atoms with Crippen LogP contribution >= 0.6 is 11.3 Å². The molecule has 45 heavy (non-hydrogen) atoms. The fourth-order valence-electron chi connectivity index (χ4n) is 4.20. The summed E-state index contributed by atoms with van der Waals surface area (Å²) >= 11 is 1.52. The highest BCUT2D eigenvalue weighted by molar-refractivity contribution is 7.17. The number of nitrogens with one attached hydrogen (secondary N) is 1. The van der Waals surface area contributed by atoms with Crippen molar-refractivity contribution in [3.05, 3.63) is 65.3 Å². The Morgan fingerprint density at radius 1 is 1.00 bits per heavy atom. The van der Waals surface area contributed by atoms with E-state index in [4.69, 9.17) is 14.2 Å². The highest BCUT2D eigenvalue weighted by Gasteiger charge is 2.18. The Morgan fingerprint density at radius 2 is 1.76 bits per heavy atom. The van der Waals surface area contributed by atoms with Crippen molar-refractivity contribution in [1.82, 2.24) is 20.4 Å². The standard InChI is InChI=1S/C34H37FN4O5S/c1-34(2,3)44-33(41)36-17-18-42-19-20-43-28-22-25(35)14-15-26(28)31-32-27(16-21-45-32)30(37-38-31)24-12-10-23(11-13-24)8-6-7-9-29(40)39(4)5/h10-16,21-22H,7,9,17-20H2,1-5H3,(H,36,41). The van der Waals surface area contributed by atoms with Crippen molar-refractivity contribution in [2.75, 3.05) is 40.5 Å². The summed E-state index contributed by atoms with van der Waals surface area (Å²) in [6.07, 6.45) is 0.377. The smallest absolute Gasteiger partial charge is 0.407 e. The zero-order chi connectivity index (χ0) is 32.4. The number of nitrogens with zero attached hydrogens (tertiary/aromatic N) is 3. The van der Waals surface area contributed by atoms with Crippen LogP contribution in [0.3, 0.4) is 0 Å². The molecule has 2 aromatic carbocycles. The van der Waals surface area contributed by atoms with E-state index in [0.29, 0.717) is 29.8 Å². The Labute approximate surface area is 266 Å². The molecule has 2 amide bonds. The van der Waals surface area contributed by atoms with Gasteiger partial charge in [0, 0.05) is 61.6 Å². The molecule has 4 rings (SSSR count). The SMILES string of the molecule is CN(C)C(=O)CCC#Cc1ccc(-c2nnc(-c3ccc(F)cc3OCCOCCNC(=O)OC(C)(C)C)c3sccc23)cc1. The van der Waals surface area contributed by atoms with Gasteiger partial charge >= 0.3 is 6.09 Å². The quantitative estimate of drug-likeness (QED) is 0.153. The molecule has 0 atom stereocenters. The first-order valence-electron chi connectivity index (χ1n) is 14.5. The molecule has 0 bridgehead atoms. The van der Waals surface area contributed by atoms with Crippen LogP contribution in [0.15, 0.2) is 53.9 Å². The third kappa shape index (κ3) is 9.73. The van der Waals surface area contributed by atoms with Crippen molar-refractivity contribution in [3.63, 3.8) is 0 Å². The molecule has 9 nitrogen and oxygen atoms in total. The number of ether oxygens (including phenoxy) is 3. The third-order valence-corrected chi connectivity index (χ3v) is 7.26. The number of hydrogen-bond acceptors (Lipinski definition) is 8. The Morgan fingerprint density at radius 3 is 2.49 bits per heavy atom. The number of carbonyl (C=O) groups is 2. The molecule has 0 aliphatic heterocycles. The highest BCUT2D eigenvalue weighted by atomic mass is 32.1. The van der Waals surface area contributed by atoms with E-state index in [9.17, 15) is 14.0 Å². The summed E-state index contributed by atoms with van der Waals surface area (Å²) in [5.74, 6) is 6.11. The highest BCUT2D eigenvalue weighted by Crippen LogP contribution is 2.39. The molecule has 0 fully saturated rings. The average molecular weight is 633 g/mol. The number of halogens is 1. The first-order chi connectivity index (χ1) is 21.5. The molecule has 0 saturated carbocycles. The van der Waals surface area contributed by atoms with Gasteiger partial charge in [0.2, 0.25) is 5.91 Å². The van der Waals surface area contributed by atoms with Crippen molar-refractivity contribution in [2.24, 2.45) is 0 Å². The number of fused-ring (bicyclic) bond motifs is 1. The molecule has 0 saturated heterocycles. The van der Waals surface area contributed by atoms with Crippen LogP contribution in [0.4, 0.5) is 9.18 Å². The van der Waals surface area contributed by atoms with Crippen molar-refractivity contribution < 1.29 is 28.2 Å². The maximum Gasteiger partial charge on any atom is 0.407 e. The lowest BCUT2D eigenvalue weighted by atomic mass is 10.0. The molecule has 2 aromatic heterocycles. The summed E-state index contributed by atoms with van der Waals surface area (Å²) in [6, 6.07) is 14.1. The second kappa shape index (κ2) is 15.5. The number of carbonyl (C=O) groups excluding carboxylic acids is 2. The molecule has 236 valence electrons. The zero-order valence-corrected chi connectivity index (χ0v) is 26.9. The van der Waals surface area contributed by atoms with E-state index in [-0.39, 0.29) is 32.3 Å². The number of hydrogen-bond donors (Lipinski definition) is 1. The second-order valence-corrected chi connectivity index (χ2v) is 12.2. The van der Waals surface area contributed by atoms with Gasteiger partial charge in [-0.25, -0.2) is 9.18 Å². The van der Waals surface area contributed by atoms with Gasteiger partial charge in [-0.3, -0.25) is 4.79 Å². The number of benzene rings is 2. The van der Waals surface area contributed by atoms with E-state index in [1.54, 1.807) is 45.8 Å². The Balaban J connectivity index is 1.41. The first-order valence-corrected chi connectivity index (χ1v) is 15.4. The largest absolute Gasteiger partial charge is 0.490 e. The summed E-state index contributed by atoms with van der Waals surface area (Å²) in [6.45, 7) is 6.34. The van der Waals surface area contributed by atoms with Gasteiger partial charge in [0.05, 0.1) is 17.9 Å². The number of amides is 2. The average Bonchev–Trinajstić information content (AvgIpc) is 3.48. The van der Waals surface area contributed by atoms with Crippen molar-refractivity contribution >= 4 is 33.4 Å². The monoisotopic (exact) mass is 632 g/mol. The summed E-state index contributed by atoms with van der Waals surface area (Å²) in [7, 11) is 3.47. The van der Waals surface area contributed by atoms with Crippen LogP contribution in [-0.2, 0) is 14.3 Å². The minimum atomic E-state index is -0.571. The summed E-state index contributed by atoms with van der Waals surface area (Å²) in [4.78, 5) is 25.0. The normalized spacial score (nSPS) is 11.1. The van der Waals surface area contributed by atoms with E-state index >= 15 is 0 Å². The Hall–Kier alpha value is -4.53. The lowest BCUT2D eigenvalue weighted by Crippen LogP contribution is -2.34. The van der Waals surface area contributed by atoms with Gasteiger partial charge in [0.25, 0.3) is 0 Å². The first kappa shape index (κ1) is 33.4. The van der Waals surface area contributed by atoms with Crippen LogP contribution in [0.1, 0.15) is 39.2 Å². The molecular weight excluding hydrogens is 595 g/mol. The summed E-state index contributed by atoms with van der Waals surface area (Å²) in [5, 5.41) is 14.6. The van der Waals surface area contributed by atoms with E-state index in [1.165, 1.54) is 23.5 Å². The molecule has 1 N–H and O–H groups in total. The van der Waals surface area contributed by atoms with Gasteiger partial charge in [-0.2, -0.15) is 0 Å². The summed E-state index contributed by atoms with van der Waals surface area (Å²) in [5.41, 5.74) is 3.10. The fraction of sp³-hybridized carbons (Fsp3) is 0.353. The molecule has 11 heteroatoms. The van der Waals surface area contributed by atoms with Crippen molar-refractivity contribution in [3.8, 4) is 40.1 Å². The van der Waals surface area contributed by atoms with E-state index in [0.717, 1.165) is 26.9 Å². The van der Waals surface area contributed by atoms with E-state index in [1.807, 2.05) is 35.7 Å². The van der Waals surface area contributed by atoms with Gasteiger partial charge in [-0.15, -0.1) is 21.5 Å². The van der Waals surface area contributed by atoms with Gasteiger partial charge in [0.1, 0.15) is 35.2 Å². The number of thiophene rings is 1. The predicted octanol–water partition coefficient (Wildman–Crippen LogP) is 6.30. The van der Waals surface area contributed by atoms with Gasteiger partial charge in [-0.1, -0.05) is 24.0 Å². The molecule has 2 heterocycles. The molecular formula is C34H37FN4O5S. The van der Waals surface area contributed by atoms with Gasteiger partial charge < -0.3 is 24.4 Å². The molecule has 4 aromatic rings. The van der Waals surface area contributed by atoms with Crippen molar-refractivity contribution in [1.29, 1.82) is 0 Å². The second-order valence-electron chi connectivity index (χ2n) is 11.3. The van der Waals surface area contributed by atoms with Crippen LogP contribution in [0.25, 0.3) is 32.6 Å². The number of alkyl carbamates (subject to hydrolysis) is 1. The fourth-order valence-corrected chi connectivity index (χ4v) is 5.09. The Bertz CT molecular complexity index is 1690. The zero-order valence-electron chi connectivity index (χ0n) is 26.1. The van der Waals surface area contributed by atoms with Gasteiger partial charge in [-0.05, 0) is 56.5 Å². The molecule has 0 aliphatic rings. The van der Waals surface area contributed by atoms with Crippen LogP contribution in [0, 0.1) is 17.7 Å². The third-order valence-electron chi connectivity index (χ3n) is 6.34. The topological polar surface area (TPSA) is 103 Å². The minimum absolute atomic E-state index is 0.0522. The predicted molar refractivity (Wildman–Crippen MR) is 174 cm³/mol. The van der Waals surface area contributed by atoms with Crippen molar-refractivity contribution in [2.45, 2.75) is 39.2 Å². The maximum absolute atomic E-state index is 14.2. The lowest BCUT2D eigenvalue weighted by Gasteiger charge is -2.19. The summed E-state index contributed by atoms with van der Waals surface area (Å²) < 4.78 is 31.8. The van der Waals surface area contributed by atoms with E-state index < -0.39 is 17.5 Å². The van der Waals surface area contributed by atoms with E-state index in [2.05, 4.69) is 27.4 Å².